The number of halogens is 2. The summed E-state index contributed by atoms with van der Waals surface area (Å²) in [6.45, 7) is 1.82. The molecule has 20 heavy (non-hydrogen) atoms. The van der Waals surface area contributed by atoms with E-state index in [9.17, 15) is 9.50 Å². The molecule has 2 unspecified atom stereocenters. The average molecular weight is 304 g/mol. The topological polar surface area (TPSA) is 50.7 Å². The number of aliphatic hydroxyl groups is 1. The quantitative estimate of drug-likeness (QED) is 0.812. The molecule has 0 spiro atoms. The van der Waals surface area contributed by atoms with Crippen LogP contribution in [0, 0.1) is 5.82 Å². The summed E-state index contributed by atoms with van der Waals surface area (Å²) in [7, 11) is 0. The van der Waals surface area contributed by atoms with Crippen molar-refractivity contribution < 1.29 is 19.0 Å². The van der Waals surface area contributed by atoms with Gasteiger partial charge in [0.15, 0.2) is 0 Å². The molecule has 1 aromatic rings. The zero-order valence-electron chi connectivity index (χ0n) is 11.1. The van der Waals surface area contributed by atoms with Gasteiger partial charge in [-0.1, -0.05) is 11.6 Å². The first-order chi connectivity index (χ1) is 9.65. The summed E-state index contributed by atoms with van der Waals surface area (Å²) in [6.07, 6.45) is 1.58. The Balaban J connectivity index is 1.65. The van der Waals surface area contributed by atoms with Gasteiger partial charge < -0.3 is 19.9 Å². The lowest BCUT2D eigenvalue weighted by molar-refractivity contribution is -0.0137. The molecular formula is C14H19ClFNO3. The molecule has 6 heteroatoms. The van der Waals surface area contributed by atoms with E-state index in [1.807, 2.05) is 0 Å². The van der Waals surface area contributed by atoms with E-state index in [0.29, 0.717) is 12.3 Å². The Morgan fingerprint density at radius 1 is 1.55 bits per heavy atom. The maximum atomic E-state index is 12.9. The first-order valence-electron chi connectivity index (χ1n) is 6.71. The molecular weight excluding hydrogens is 285 g/mol. The zero-order chi connectivity index (χ0) is 14.4. The van der Waals surface area contributed by atoms with Crippen molar-refractivity contribution in [1.29, 1.82) is 0 Å². The fourth-order valence-electron chi connectivity index (χ4n) is 2.03. The van der Waals surface area contributed by atoms with E-state index in [-0.39, 0.29) is 30.1 Å². The number of rotatable bonds is 7. The zero-order valence-corrected chi connectivity index (χ0v) is 11.9. The fraction of sp³-hybridized carbons (Fsp3) is 0.571. The van der Waals surface area contributed by atoms with Crippen LogP contribution in [0.3, 0.4) is 0 Å². The molecule has 1 fully saturated rings. The van der Waals surface area contributed by atoms with E-state index in [0.717, 1.165) is 19.4 Å². The van der Waals surface area contributed by atoms with Crippen molar-refractivity contribution in [1.82, 2.24) is 0 Å². The van der Waals surface area contributed by atoms with Crippen LogP contribution in [0.25, 0.3) is 0 Å². The molecule has 0 aliphatic carbocycles. The number of nitrogens with one attached hydrogen (secondary N) is 1. The maximum absolute atomic E-state index is 12.9. The Morgan fingerprint density at radius 3 is 3.10 bits per heavy atom. The number of anilines is 1. The van der Waals surface area contributed by atoms with Crippen LogP contribution < -0.4 is 5.32 Å². The Hall–Kier alpha value is -0.880. The minimum atomic E-state index is -0.655. The summed E-state index contributed by atoms with van der Waals surface area (Å²) in [5, 5.41) is 13.0. The van der Waals surface area contributed by atoms with Crippen LogP contribution in [0.1, 0.15) is 12.8 Å². The van der Waals surface area contributed by atoms with E-state index in [1.165, 1.54) is 18.2 Å². The highest BCUT2D eigenvalue weighted by Gasteiger charge is 2.16. The Labute approximate surface area is 122 Å². The van der Waals surface area contributed by atoms with Crippen molar-refractivity contribution in [2.45, 2.75) is 25.0 Å². The van der Waals surface area contributed by atoms with Crippen molar-refractivity contribution in [3.05, 3.63) is 29.0 Å². The van der Waals surface area contributed by atoms with Crippen LogP contribution in [0.15, 0.2) is 18.2 Å². The van der Waals surface area contributed by atoms with Crippen molar-refractivity contribution in [3.8, 4) is 0 Å². The minimum Gasteiger partial charge on any atom is -0.389 e. The summed E-state index contributed by atoms with van der Waals surface area (Å²) in [4.78, 5) is 0. The number of hydrogen-bond acceptors (Lipinski definition) is 4. The summed E-state index contributed by atoms with van der Waals surface area (Å²) in [6, 6.07) is 4.08. The van der Waals surface area contributed by atoms with E-state index in [2.05, 4.69) is 5.32 Å². The standard InChI is InChI=1S/C14H19ClFNO3/c15-13-6-10(16)3-4-14(13)17-7-11(18)8-19-9-12-2-1-5-20-12/h3-4,6,11-12,17-18H,1-2,5,7-9H2. The van der Waals surface area contributed by atoms with Crippen LogP contribution in [-0.4, -0.2) is 43.7 Å². The van der Waals surface area contributed by atoms with Gasteiger partial charge in [-0.15, -0.1) is 0 Å². The number of ether oxygens (including phenoxy) is 2. The fourth-order valence-corrected chi connectivity index (χ4v) is 2.26. The molecule has 1 heterocycles. The molecule has 2 rings (SSSR count). The molecule has 1 aliphatic heterocycles. The van der Waals surface area contributed by atoms with E-state index < -0.39 is 6.10 Å². The van der Waals surface area contributed by atoms with Crippen LogP contribution in [0.4, 0.5) is 10.1 Å². The Morgan fingerprint density at radius 2 is 2.40 bits per heavy atom. The Bertz CT molecular complexity index is 427. The predicted octanol–water partition coefficient (Wildman–Crippen LogP) is 2.45. The van der Waals surface area contributed by atoms with E-state index >= 15 is 0 Å². The van der Waals surface area contributed by atoms with Crippen LogP contribution in [0.2, 0.25) is 5.02 Å². The summed E-state index contributed by atoms with van der Waals surface area (Å²) < 4.78 is 23.7. The third kappa shape index (κ3) is 4.90. The highest BCUT2D eigenvalue weighted by Crippen LogP contribution is 2.22. The molecule has 1 aliphatic rings. The number of hydrogen-bond donors (Lipinski definition) is 2. The summed E-state index contributed by atoms with van der Waals surface area (Å²) >= 11 is 5.87. The van der Waals surface area contributed by atoms with Gasteiger partial charge in [0.1, 0.15) is 5.82 Å². The molecule has 2 N–H and O–H groups in total. The third-order valence-corrected chi connectivity index (χ3v) is 3.41. The van der Waals surface area contributed by atoms with Crippen molar-refractivity contribution >= 4 is 17.3 Å². The Kier molecular flexibility index (Phi) is 6.04. The second-order valence-corrected chi connectivity index (χ2v) is 5.24. The van der Waals surface area contributed by atoms with Crippen molar-refractivity contribution in [2.75, 3.05) is 31.7 Å². The normalized spacial score (nSPS) is 20.1. The van der Waals surface area contributed by atoms with Crippen LogP contribution in [-0.2, 0) is 9.47 Å². The van der Waals surface area contributed by atoms with Crippen molar-refractivity contribution in [2.24, 2.45) is 0 Å². The maximum Gasteiger partial charge on any atom is 0.124 e. The highest BCUT2D eigenvalue weighted by atomic mass is 35.5. The largest absolute Gasteiger partial charge is 0.389 e. The number of aliphatic hydroxyl groups excluding tert-OH is 1. The third-order valence-electron chi connectivity index (χ3n) is 3.10. The van der Waals surface area contributed by atoms with Gasteiger partial charge in [0.05, 0.1) is 36.1 Å². The smallest absolute Gasteiger partial charge is 0.124 e. The summed E-state index contributed by atoms with van der Waals surface area (Å²) in [5.41, 5.74) is 0.589. The highest BCUT2D eigenvalue weighted by molar-refractivity contribution is 6.33. The monoisotopic (exact) mass is 303 g/mol. The molecule has 0 radical (unpaired) electrons. The lowest BCUT2D eigenvalue weighted by Gasteiger charge is -2.15. The molecule has 4 nitrogen and oxygen atoms in total. The minimum absolute atomic E-state index is 0.154. The van der Waals surface area contributed by atoms with E-state index in [1.54, 1.807) is 0 Å². The molecule has 0 saturated carbocycles. The van der Waals surface area contributed by atoms with Gasteiger partial charge in [-0.05, 0) is 31.0 Å². The van der Waals surface area contributed by atoms with Gasteiger partial charge in [-0.3, -0.25) is 0 Å². The summed E-state index contributed by atoms with van der Waals surface area (Å²) in [5.74, 6) is -0.388. The van der Waals surface area contributed by atoms with Crippen LogP contribution >= 0.6 is 11.6 Å². The average Bonchev–Trinajstić information content (AvgIpc) is 2.91. The molecule has 1 aromatic carbocycles. The molecule has 1 saturated heterocycles. The number of benzene rings is 1. The van der Waals surface area contributed by atoms with Gasteiger partial charge in [0.2, 0.25) is 0 Å². The second kappa shape index (κ2) is 7.78. The van der Waals surface area contributed by atoms with Gasteiger partial charge in [-0.25, -0.2) is 4.39 Å². The van der Waals surface area contributed by atoms with Crippen LogP contribution in [0.5, 0.6) is 0 Å². The van der Waals surface area contributed by atoms with Gasteiger partial charge in [-0.2, -0.15) is 0 Å². The molecule has 0 aromatic heterocycles. The molecule has 112 valence electrons. The SMILES string of the molecule is OC(CNc1ccc(F)cc1Cl)COCC1CCCO1. The first-order valence-corrected chi connectivity index (χ1v) is 7.09. The molecule has 0 amide bonds. The van der Waals surface area contributed by atoms with Gasteiger partial charge >= 0.3 is 0 Å². The lowest BCUT2D eigenvalue weighted by atomic mass is 10.2. The lowest BCUT2D eigenvalue weighted by Crippen LogP contribution is -2.27. The van der Waals surface area contributed by atoms with Gasteiger partial charge in [0, 0.05) is 13.2 Å². The first kappa shape index (κ1) is 15.5. The molecule has 0 bridgehead atoms. The van der Waals surface area contributed by atoms with Gasteiger partial charge in [0.25, 0.3) is 0 Å². The molecule has 2 atom stereocenters. The second-order valence-electron chi connectivity index (χ2n) is 4.83. The van der Waals surface area contributed by atoms with E-state index in [4.69, 9.17) is 21.1 Å². The van der Waals surface area contributed by atoms with Crippen molar-refractivity contribution in [3.63, 3.8) is 0 Å². The predicted molar refractivity (Wildman–Crippen MR) is 75.7 cm³/mol.